The van der Waals surface area contributed by atoms with Crippen LogP contribution in [0.25, 0.3) is 0 Å². The van der Waals surface area contributed by atoms with Crippen molar-refractivity contribution in [2.45, 2.75) is 50.4 Å². The summed E-state index contributed by atoms with van der Waals surface area (Å²) in [6.45, 7) is 1.12. The summed E-state index contributed by atoms with van der Waals surface area (Å²) in [6, 6.07) is 9.02. The van der Waals surface area contributed by atoms with Crippen LogP contribution >= 0.6 is 15.9 Å². The number of hydrogen-bond acceptors (Lipinski definition) is 1. The Morgan fingerprint density at radius 2 is 1.68 bits per heavy atom. The molecule has 3 rings (SSSR count). The van der Waals surface area contributed by atoms with E-state index < -0.39 is 0 Å². The largest absolute Gasteiger partial charge is 0.319 e. The van der Waals surface area contributed by atoms with Crippen molar-refractivity contribution in [2.75, 3.05) is 13.6 Å². The highest BCUT2D eigenvalue weighted by atomic mass is 79.9. The normalized spacial score (nSPS) is 24.1. The highest BCUT2D eigenvalue weighted by molar-refractivity contribution is 9.10. The fraction of sp³-hybridized carbons (Fsp3) is 0.647. The van der Waals surface area contributed by atoms with Crippen LogP contribution in [0.3, 0.4) is 0 Å². The summed E-state index contributed by atoms with van der Waals surface area (Å²) in [7, 11) is 2.09. The van der Waals surface area contributed by atoms with Crippen LogP contribution in [0.2, 0.25) is 0 Å². The molecule has 0 unspecified atom stereocenters. The van der Waals surface area contributed by atoms with Crippen molar-refractivity contribution < 1.29 is 0 Å². The molecule has 0 saturated heterocycles. The summed E-state index contributed by atoms with van der Waals surface area (Å²) in [6.07, 6.45) is 10.1. The van der Waals surface area contributed by atoms with Crippen LogP contribution in [0, 0.1) is 5.41 Å². The lowest BCUT2D eigenvalue weighted by atomic mass is 9.46. The number of rotatable bonds is 3. The van der Waals surface area contributed by atoms with Gasteiger partial charge in [-0.05, 0) is 55.8 Å². The summed E-state index contributed by atoms with van der Waals surface area (Å²) in [5.74, 6) is 0. The third kappa shape index (κ3) is 2.50. The van der Waals surface area contributed by atoms with E-state index in [1.807, 2.05) is 0 Å². The molecule has 1 spiro atoms. The lowest BCUT2D eigenvalue weighted by Gasteiger charge is -2.59. The minimum atomic E-state index is 0.396. The van der Waals surface area contributed by atoms with Gasteiger partial charge in [0.1, 0.15) is 0 Å². The van der Waals surface area contributed by atoms with E-state index in [4.69, 9.17) is 0 Å². The van der Waals surface area contributed by atoms with Crippen molar-refractivity contribution in [3.8, 4) is 0 Å². The third-order valence-electron chi connectivity index (χ3n) is 5.31. The van der Waals surface area contributed by atoms with Crippen LogP contribution in [0.4, 0.5) is 0 Å². The first-order chi connectivity index (χ1) is 9.18. The smallest absolute Gasteiger partial charge is 0.0175 e. The Balaban J connectivity index is 1.80. The van der Waals surface area contributed by atoms with Gasteiger partial charge in [-0.15, -0.1) is 0 Å². The van der Waals surface area contributed by atoms with Crippen molar-refractivity contribution in [3.05, 3.63) is 34.3 Å². The Kier molecular flexibility index (Phi) is 3.74. The van der Waals surface area contributed by atoms with Crippen molar-refractivity contribution >= 4 is 15.9 Å². The zero-order valence-corrected chi connectivity index (χ0v) is 13.4. The molecule has 104 valence electrons. The monoisotopic (exact) mass is 321 g/mol. The van der Waals surface area contributed by atoms with E-state index in [-0.39, 0.29) is 0 Å². The van der Waals surface area contributed by atoms with Crippen LogP contribution in [0.5, 0.6) is 0 Å². The van der Waals surface area contributed by atoms with Crippen LogP contribution in [-0.4, -0.2) is 13.6 Å². The summed E-state index contributed by atoms with van der Waals surface area (Å²) in [4.78, 5) is 0. The van der Waals surface area contributed by atoms with E-state index in [1.165, 1.54) is 55.0 Å². The lowest BCUT2D eigenvalue weighted by molar-refractivity contribution is -0.0118. The second-order valence-corrected chi connectivity index (χ2v) is 7.65. The van der Waals surface area contributed by atoms with E-state index in [9.17, 15) is 0 Å². The molecule has 0 radical (unpaired) electrons. The minimum Gasteiger partial charge on any atom is -0.319 e. The molecule has 0 heterocycles. The van der Waals surface area contributed by atoms with Crippen molar-refractivity contribution in [1.29, 1.82) is 0 Å². The fourth-order valence-electron chi connectivity index (χ4n) is 4.61. The Hall–Kier alpha value is -0.340. The average Bonchev–Trinajstić information content (AvgIpc) is 2.39. The number of benzene rings is 1. The molecule has 2 saturated carbocycles. The molecular formula is C17H24BrN. The van der Waals surface area contributed by atoms with Gasteiger partial charge in [0.2, 0.25) is 0 Å². The average molecular weight is 322 g/mol. The first-order valence-electron chi connectivity index (χ1n) is 7.59. The first-order valence-corrected chi connectivity index (χ1v) is 8.38. The number of hydrogen-bond donors (Lipinski definition) is 1. The second-order valence-electron chi connectivity index (χ2n) is 6.73. The maximum absolute atomic E-state index is 3.55. The Morgan fingerprint density at radius 3 is 2.26 bits per heavy atom. The van der Waals surface area contributed by atoms with Gasteiger partial charge in [-0.2, -0.15) is 0 Å². The molecule has 2 aliphatic rings. The van der Waals surface area contributed by atoms with Crippen molar-refractivity contribution in [1.82, 2.24) is 5.32 Å². The first kappa shape index (κ1) is 13.6. The zero-order chi connectivity index (χ0) is 13.3. The van der Waals surface area contributed by atoms with Gasteiger partial charge in [-0.25, -0.2) is 0 Å². The fourth-order valence-corrected chi connectivity index (χ4v) is 4.88. The maximum Gasteiger partial charge on any atom is 0.0175 e. The number of likely N-dealkylation sites (N-methyl/N-ethyl adjacent to an activating group) is 1. The zero-order valence-electron chi connectivity index (χ0n) is 11.8. The summed E-state index contributed by atoms with van der Waals surface area (Å²) < 4.78 is 1.18. The molecule has 1 aromatic rings. The molecule has 1 aromatic carbocycles. The molecule has 0 atom stereocenters. The van der Waals surface area contributed by atoms with Gasteiger partial charge in [0.05, 0.1) is 0 Å². The van der Waals surface area contributed by atoms with Gasteiger partial charge in [-0.3, -0.25) is 0 Å². The molecule has 0 aliphatic heterocycles. The van der Waals surface area contributed by atoms with Crippen LogP contribution in [-0.2, 0) is 5.41 Å². The van der Waals surface area contributed by atoms with E-state index >= 15 is 0 Å². The molecule has 2 heteroatoms. The molecular weight excluding hydrogens is 298 g/mol. The molecule has 2 fully saturated rings. The predicted octanol–water partition coefficient (Wildman–Crippen LogP) is 4.65. The Labute approximate surface area is 125 Å². The Bertz CT molecular complexity index is 423. The van der Waals surface area contributed by atoms with E-state index in [2.05, 4.69) is 52.6 Å². The third-order valence-corrected chi connectivity index (χ3v) is 5.84. The SMILES string of the molecule is CNCC1(c2ccc(Br)cc2)CC2(CCCCC2)C1. The quantitative estimate of drug-likeness (QED) is 0.854. The van der Waals surface area contributed by atoms with Gasteiger partial charge >= 0.3 is 0 Å². The van der Waals surface area contributed by atoms with Crippen molar-refractivity contribution in [3.63, 3.8) is 0 Å². The highest BCUT2D eigenvalue weighted by Crippen LogP contribution is 2.61. The molecule has 0 bridgehead atoms. The molecule has 0 amide bonds. The van der Waals surface area contributed by atoms with Gasteiger partial charge in [0.15, 0.2) is 0 Å². The van der Waals surface area contributed by atoms with Gasteiger partial charge in [0.25, 0.3) is 0 Å². The van der Waals surface area contributed by atoms with Crippen LogP contribution in [0.1, 0.15) is 50.5 Å². The topological polar surface area (TPSA) is 12.0 Å². The van der Waals surface area contributed by atoms with Crippen molar-refractivity contribution in [2.24, 2.45) is 5.41 Å². The summed E-state index contributed by atoms with van der Waals surface area (Å²) in [5.41, 5.74) is 2.61. The highest BCUT2D eigenvalue weighted by Gasteiger charge is 2.54. The summed E-state index contributed by atoms with van der Waals surface area (Å²) in [5, 5.41) is 3.43. The maximum atomic E-state index is 3.55. The van der Waals surface area contributed by atoms with Gasteiger partial charge < -0.3 is 5.32 Å². The lowest BCUT2D eigenvalue weighted by Crippen LogP contribution is -2.55. The molecule has 2 aliphatic carbocycles. The molecule has 0 aromatic heterocycles. The predicted molar refractivity (Wildman–Crippen MR) is 84.5 cm³/mol. The molecule has 19 heavy (non-hydrogen) atoms. The van der Waals surface area contributed by atoms with E-state index in [0.717, 1.165) is 6.54 Å². The van der Waals surface area contributed by atoms with Gasteiger partial charge in [0, 0.05) is 16.4 Å². The van der Waals surface area contributed by atoms with E-state index in [0.29, 0.717) is 10.8 Å². The standard InChI is InChI=1S/C17H24BrN/c1-19-13-17(14-5-7-15(18)8-6-14)11-16(12-17)9-3-2-4-10-16/h5-8,19H,2-4,9-13H2,1H3. The number of halogens is 1. The second kappa shape index (κ2) is 5.21. The molecule has 1 N–H and O–H groups in total. The summed E-state index contributed by atoms with van der Waals surface area (Å²) >= 11 is 3.55. The molecule has 1 nitrogen and oxygen atoms in total. The van der Waals surface area contributed by atoms with Crippen LogP contribution in [0.15, 0.2) is 28.7 Å². The Morgan fingerprint density at radius 1 is 1.05 bits per heavy atom. The van der Waals surface area contributed by atoms with Crippen LogP contribution < -0.4 is 5.32 Å². The van der Waals surface area contributed by atoms with E-state index in [1.54, 1.807) is 0 Å². The van der Waals surface area contributed by atoms with Gasteiger partial charge in [-0.1, -0.05) is 47.3 Å². The minimum absolute atomic E-state index is 0.396. The number of nitrogens with one attached hydrogen (secondary N) is 1.